The number of amides is 2. The molecule has 9 nitrogen and oxygen atoms in total. The van der Waals surface area contributed by atoms with Crippen LogP contribution in [0.3, 0.4) is 0 Å². The van der Waals surface area contributed by atoms with Crippen molar-refractivity contribution in [3.8, 4) is 0 Å². The fourth-order valence-electron chi connectivity index (χ4n) is 5.73. The standard InChI is InChI=1S/C30H40N4O5S/c1-30(23-7-5-3-4-6-8-23)20-27(32-39-30)34(2)29(36)22-11-13-24(14-12-22)31-28(35)19-21-9-17-26(18-10-21)40(37,38)33-25-15-16-25/h9-14,17-18,23,25,27,32-33H,3-8,15-16,19-20H2,1-2H3,(H,31,35). The monoisotopic (exact) mass is 568 g/mol. The van der Waals surface area contributed by atoms with Gasteiger partial charge in [0.1, 0.15) is 6.17 Å². The summed E-state index contributed by atoms with van der Waals surface area (Å²) >= 11 is 0. The number of anilines is 1. The van der Waals surface area contributed by atoms with E-state index < -0.39 is 10.0 Å². The number of carbonyl (C=O) groups is 2. The molecule has 2 saturated carbocycles. The van der Waals surface area contributed by atoms with E-state index in [1.165, 1.54) is 50.7 Å². The van der Waals surface area contributed by atoms with Gasteiger partial charge in [0, 0.05) is 30.8 Å². The molecule has 10 heteroatoms. The van der Waals surface area contributed by atoms with E-state index in [0.29, 0.717) is 22.7 Å². The van der Waals surface area contributed by atoms with Gasteiger partial charge in [-0.2, -0.15) is 5.48 Å². The van der Waals surface area contributed by atoms with Crippen molar-refractivity contribution in [3.05, 3.63) is 59.7 Å². The maximum absolute atomic E-state index is 13.2. The normalized spacial score (nSPS) is 23.9. The second-order valence-electron chi connectivity index (χ2n) is 11.7. The number of nitrogens with one attached hydrogen (secondary N) is 3. The van der Waals surface area contributed by atoms with Crippen LogP contribution in [0.5, 0.6) is 0 Å². The number of sulfonamides is 1. The lowest BCUT2D eigenvalue weighted by molar-refractivity contribution is -0.115. The summed E-state index contributed by atoms with van der Waals surface area (Å²) in [4.78, 5) is 33.8. The first-order valence-corrected chi connectivity index (χ1v) is 15.8. The fraction of sp³-hybridized carbons (Fsp3) is 0.533. The van der Waals surface area contributed by atoms with Gasteiger partial charge in [-0.3, -0.25) is 14.4 Å². The number of hydroxylamine groups is 1. The van der Waals surface area contributed by atoms with Gasteiger partial charge in [-0.05, 0) is 80.5 Å². The Morgan fingerprint density at radius 1 is 0.975 bits per heavy atom. The van der Waals surface area contributed by atoms with Gasteiger partial charge in [0.15, 0.2) is 0 Å². The first-order chi connectivity index (χ1) is 19.1. The molecule has 2 aromatic rings. The van der Waals surface area contributed by atoms with Crippen LogP contribution in [0.2, 0.25) is 0 Å². The molecular weight excluding hydrogens is 528 g/mol. The average molecular weight is 569 g/mol. The highest BCUT2D eigenvalue weighted by molar-refractivity contribution is 7.89. The Labute approximate surface area is 237 Å². The molecule has 1 heterocycles. The number of hydrogen-bond acceptors (Lipinski definition) is 6. The zero-order valence-corrected chi connectivity index (χ0v) is 24.1. The van der Waals surface area contributed by atoms with Crippen LogP contribution < -0.4 is 15.5 Å². The molecule has 1 aliphatic heterocycles. The third-order valence-corrected chi connectivity index (χ3v) is 9.98. The molecule has 2 atom stereocenters. The van der Waals surface area contributed by atoms with Crippen molar-refractivity contribution in [1.82, 2.24) is 15.1 Å². The van der Waals surface area contributed by atoms with Crippen LogP contribution in [-0.2, 0) is 26.1 Å². The van der Waals surface area contributed by atoms with Crippen molar-refractivity contribution >= 4 is 27.5 Å². The molecule has 2 amide bonds. The van der Waals surface area contributed by atoms with Crippen molar-refractivity contribution < 1.29 is 22.8 Å². The topological polar surface area (TPSA) is 117 Å². The van der Waals surface area contributed by atoms with Crippen molar-refractivity contribution in [2.45, 2.75) is 93.8 Å². The second-order valence-corrected chi connectivity index (χ2v) is 13.4. The number of hydrogen-bond donors (Lipinski definition) is 3. The number of rotatable bonds is 9. The summed E-state index contributed by atoms with van der Waals surface area (Å²) in [6, 6.07) is 13.2. The Bertz CT molecular complexity index is 1300. The summed E-state index contributed by atoms with van der Waals surface area (Å²) < 4.78 is 27.3. The minimum absolute atomic E-state index is 0.0395. The van der Waals surface area contributed by atoms with E-state index in [9.17, 15) is 18.0 Å². The lowest BCUT2D eigenvalue weighted by Crippen LogP contribution is -2.42. The average Bonchev–Trinajstić information content (AvgIpc) is 3.71. The Kier molecular flexibility index (Phi) is 8.61. The van der Waals surface area contributed by atoms with Gasteiger partial charge in [-0.25, -0.2) is 13.1 Å². The van der Waals surface area contributed by atoms with E-state index in [0.717, 1.165) is 19.3 Å². The second kappa shape index (κ2) is 12.0. The molecule has 0 radical (unpaired) electrons. The van der Waals surface area contributed by atoms with E-state index in [2.05, 4.69) is 22.4 Å². The molecule has 5 rings (SSSR count). The van der Waals surface area contributed by atoms with Gasteiger partial charge in [0.25, 0.3) is 5.91 Å². The van der Waals surface area contributed by atoms with Gasteiger partial charge in [0.2, 0.25) is 15.9 Å². The highest BCUT2D eigenvalue weighted by atomic mass is 32.2. The summed E-state index contributed by atoms with van der Waals surface area (Å²) in [7, 11) is -1.73. The first kappa shape index (κ1) is 28.7. The summed E-state index contributed by atoms with van der Waals surface area (Å²) in [5, 5.41) is 2.85. The van der Waals surface area contributed by atoms with Crippen LogP contribution in [0.15, 0.2) is 53.4 Å². The van der Waals surface area contributed by atoms with Gasteiger partial charge in [-0.1, -0.05) is 37.8 Å². The molecule has 1 saturated heterocycles. The summed E-state index contributed by atoms with van der Waals surface area (Å²) in [5.41, 5.74) is 4.65. The summed E-state index contributed by atoms with van der Waals surface area (Å²) in [6.45, 7) is 2.16. The zero-order chi connectivity index (χ0) is 28.3. The largest absolute Gasteiger partial charge is 0.326 e. The lowest BCUT2D eigenvalue weighted by atomic mass is 9.81. The van der Waals surface area contributed by atoms with E-state index in [4.69, 9.17) is 4.84 Å². The van der Waals surface area contributed by atoms with Gasteiger partial charge in [0.05, 0.1) is 16.9 Å². The summed E-state index contributed by atoms with van der Waals surface area (Å²) in [5.74, 6) is 0.150. The van der Waals surface area contributed by atoms with Crippen molar-refractivity contribution in [2.75, 3.05) is 12.4 Å². The predicted molar refractivity (Wildman–Crippen MR) is 153 cm³/mol. The third kappa shape index (κ3) is 6.91. The molecule has 0 spiro atoms. The molecule has 3 N–H and O–H groups in total. The molecule has 2 aliphatic carbocycles. The fourth-order valence-corrected chi connectivity index (χ4v) is 7.04. The van der Waals surface area contributed by atoms with E-state index in [1.807, 2.05) is 0 Å². The molecular formula is C30H40N4O5S. The van der Waals surface area contributed by atoms with Crippen LogP contribution in [0.25, 0.3) is 0 Å². The van der Waals surface area contributed by atoms with Crippen molar-refractivity contribution in [2.24, 2.45) is 5.92 Å². The lowest BCUT2D eigenvalue weighted by Gasteiger charge is -2.32. The minimum atomic E-state index is -3.52. The molecule has 3 fully saturated rings. The first-order valence-electron chi connectivity index (χ1n) is 14.3. The molecule has 216 valence electrons. The number of nitrogens with zero attached hydrogens (tertiary/aromatic N) is 1. The van der Waals surface area contributed by atoms with Crippen LogP contribution in [0.4, 0.5) is 5.69 Å². The maximum atomic E-state index is 13.2. The SMILES string of the molecule is CN(C(=O)c1ccc(NC(=O)Cc2ccc(S(=O)(=O)NC3CC3)cc2)cc1)C1CC(C)(C2CCCCCC2)ON1. The van der Waals surface area contributed by atoms with Gasteiger partial charge < -0.3 is 10.2 Å². The summed E-state index contributed by atoms with van der Waals surface area (Å²) in [6.07, 6.45) is 9.77. The van der Waals surface area contributed by atoms with Crippen LogP contribution in [0.1, 0.15) is 80.6 Å². The quantitative estimate of drug-likeness (QED) is 0.387. The highest BCUT2D eigenvalue weighted by Gasteiger charge is 2.45. The van der Waals surface area contributed by atoms with Crippen LogP contribution in [-0.4, -0.2) is 50.0 Å². The smallest absolute Gasteiger partial charge is 0.254 e. The Morgan fingerprint density at radius 2 is 1.62 bits per heavy atom. The van der Waals surface area contributed by atoms with Crippen molar-refractivity contribution in [3.63, 3.8) is 0 Å². The van der Waals surface area contributed by atoms with Gasteiger partial charge in [-0.15, -0.1) is 0 Å². The van der Waals surface area contributed by atoms with Crippen LogP contribution in [0, 0.1) is 5.92 Å². The van der Waals surface area contributed by atoms with E-state index in [-0.39, 0.29) is 40.9 Å². The molecule has 0 aromatic heterocycles. The molecule has 40 heavy (non-hydrogen) atoms. The molecule has 2 aromatic carbocycles. The van der Waals surface area contributed by atoms with Crippen molar-refractivity contribution in [1.29, 1.82) is 0 Å². The van der Waals surface area contributed by atoms with E-state index in [1.54, 1.807) is 48.3 Å². The number of benzene rings is 2. The Balaban J connectivity index is 1.12. The molecule has 3 aliphatic rings. The van der Waals surface area contributed by atoms with E-state index >= 15 is 0 Å². The predicted octanol–water partition coefficient (Wildman–Crippen LogP) is 4.36. The Hall–Kier alpha value is -2.79. The highest BCUT2D eigenvalue weighted by Crippen LogP contribution is 2.39. The molecule has 0 bridgehead atoms. The zero-order valence-electron chi connectivity index (χ0n) is 23.3. The molecule has 2 unspecified atom stereocenters. The Morgan fingerprint density at radius 3 is 2.25 bits per heavy atom. The van der Waals surface area contributed by atoms with Gasteiger partial charge >= 0.3 is 0 Å². The number of carbonyl (C=O) groups excluding carboxylic acids is 2. The minimum Gasteiger partial charge on any atom is -0.326 e. The maximum Gasteiger partial charge on any atom is 0.254 e. The van der Waals surface area contributed by atoms with Crippen LogP contribution >= 0.6 is 0 Å². The third-order valence-electron chi connectivity index (χ3n) is 8.45.